The van der Waals surface area contributed by atoms with Crippen molar-refractivity contribution >= 4 is 11.9 Å². The van der Waals surface area contributed by atoms with E-state index in [-0.39, 0.29) is 11.9 Å². The molecule has 0 aromatic carbocycles. The normalized spacial score (nSPS) is 14.6. The minimum absolute atomic E-state index is 0.0185. The molecule has 0 saturated heterocycles. The predicted molar refractivity (Wildman–Crippen MR) is 56.4 cm³/mol. The summed E-state index contributed by atoms with van der Waals surface area (Å²) in [5.74, 6) is -0.984. The van der Waals surface area contributed by atoms with Crippen LogP contribution in [0, 0.1) is 5.92 Å². The highest BCUT2D eigenvalue weighted by molar-refractivity contribution is 5.81. The van der Waals surface area contributed by atoms with Crippen molar-refractivity contribution in [3.63, 3.8) is 0 Å². The number of carboxylic acids is 1. The topological polar surface area (TPSA) is 63.6 Å². The highest BCUT2D eigenvalue weighted by atomic mass is 16.6. The Kier molecular flexibility index (Phi) is 5.05. The lowest BCUT2D eigenvalue weighted by molar-refractivity contribution is -0.148. The standard InChI is InChI=1S/C7H12O2.C4H6O2/c1-5-6(8)9-7(2,3)4;5-4(6)3-1-2-3/h5H,1H2,2-4H3;3H,1-2H2,(H,5,6). The minimum atomic E-state index is -0.630. The molecule has 0 aromatic rings. The number of ether oxygens (including phenoxy) is 1. The third kappa shape index (κ3) is 9.00. The average Bonchev–Trinajstić information content (AvgIpc) is 2.83. The summed E-state index contributed by atoms with van der Waals surface area (Å²) < 4.78 is 4.83. The highest BCUT2D eigenvalue weighted by Gasteiger charge is 2.28. The third-order valence-electron chi connectivity index (χ3n) is 1.50. The first-order valence-electron chi connectivity index (χ1n) is 4.84. The maximum absolute atomic E-state index is 10.5. The number of carbonyl (C=O) groups excluding carboxylic acids is 1. The molecule has 1 N–H and O–H groups in total. The van der Waals surface area contributed by atoms with E-state index in [1.54, 1.807) is 0 Å². The summed E-state index contributed by atoms with van der Waals surface area (Å²) in [6.07, 6.45) is 2.95. The molecule has 0 atom stereocenters. The summed E-state index contributed by atoms with van der Waals surface area (Å²) in [6.45, 7) is 8.71. The van der Waals surface area contributed by atoms with E-state index in [0.29, 0.717) is 0 Å². The van der Waals surface area contributed by atoms with Crippen molar-refractivity contribution in [2.75, 3.05) is 0 Å². The summed E-state index contributed by atoms with van der Waals surface area (Å²) in [5, 5.41) is 8.05. The van der Waals surface area contributed by atoms with Gasteiger partial charge in [0.05, 0.1) is 5.92 Å². The number of carboxylic acid groups (broad SMARTS) is 1. The van der Waals surface area contributed by atoms with Crippen LogP contribution >= 0.6 is 0 Å². The number of carbonyl (C=O) groups is 2. The molecule has 0 unspecified atom stereocenters. The largest absolute Gasteiger partial charge is 0.481 e. The smallest absolute Gasteiger partial charge is 0.330 e. The lowest BCUT2D eigenvalue weighted by Crippen LogP contribution is -2.22. The first-order valence-corrected chi connectivity index (χ1v) is 4.84. The minimum Gasteiger partial charge on any atom is -0.481 e. The monoisotopic (exact) mass is 214 g/mol. The molecule has 4 nitrogen and oxygen atoms in total. The van der Waals surface area contributed by atoms with Crippen molar-refractivity contribution in [2.24, 2.45) is 5.92 Å². The van der Waals surface area contributed by atoms with E-state index < -0.39 is 11.6 Å². The molecule has 0 aliphatic heterocycles. The Morgan fingerprint density at radius 2 is 1.87 bits per heavy atom. The van der Waals surface area contributed by atoms with Crippen LogP contribution in [0.1, 0.15) is 33.6 Å². The van der Waals surface area contributed by atoms with Crippen molar-refractivity contribution in [1.82, 2.24) is 0 Å². The zero-order chi connectivity index (χ0) is 12.1. The Bertz CT molecular complexity index is 246. The molecule has 0 bridgehead atoms. The number of hydrogen-bond acceptors (Lipinski definition) is 3. The number of aliphatic carboxylic acids is 1. The maximum Gasteiger partial charge on any atom is 0.330 e. The Hall–Kier alpha value is -1.32. The van der Waals surface area contributed by atoms with Gasteiger partial charge in [-0.25, -0.2) is 4.79 Å². The van der Waals surface area contributed by atoms with Crippen LogP contribution in [0.4, 0.5) is 0 Å². The first kappa shape index (κ1) is 13.7. The molecule has 15 heavy (non-hydrogen) atoms. The van der Waals surface area contributed by atoms with E-state index in [1.807, 2.05) is 20.8 Å². The van der Waals surface area contributed by atoms with Gasteiger partial charge in [0.15, 0.2) is 0 Å². The van der Waals surface area contributed by atoms with Crippen LogP contribution in [0.2, 0.25) is 0 Å². The third-order valence-corrected chi connectivity index (χ3v) is 1.50. The first-order chi connectivity index (χ1) is 6.76. The highest BCUT2D eigenvalue weighted by Crippen LogP contribution is 2.28. The lowest BCUT2D eigenvalue weighted by Gasteiger charge is -2.17. The van der Waals surface area contributed by atoms with Crippen molar-refractivity contribution in [1.29, 1.82) is 0 Å². The van der Waals surface area contributed by atoms with Crippen LogP contribution in [0.5, 0.6) is 0 Å². The van der Waals surface area contributed by atoms with Crippen molar-refractivity contribution < 1.29 is 19.4 Å². The number of esters is 1. The van der Waals surface area contributed by atoms with Gasteiger partial charge in [0, 0.05) is 6.08 Å². The molecule has 1 aliphatic rings. The van der Waals surface area contributed by atoms with Crippen LogP contribution in [-0.4, -0.2) is 22.6 Å². The quantitative estimate of drug-likeness (QED) is 0.564. The second-order valence-electron chi connectivity index (χ2n) is 4.35. The van der Waals surface area contributed by atoms with Gasteiger partial charge in [0.2, 0.25) is 0 Å². The fourth-order valence-corrected chi connectivity index (χ4v) is 0.674. The van der Waals surface area contributed by atoms with Crippen LogP contribution in [0.25, 0.3) is 0 Å². The Morgan fingerprint density at radius 3 is 1.93 bits per heavy atom. The van der Waals surface area contributed by atoms with Gasteiger partial charge in [0.1, 0.15) is 5.60 Å². The summed E-state index contributed by atoms with van der Waals surface area (Å²) in [4.78, 5) is 20.2. The number of hydrogen-bond donors (Lipinski definition) is 1. The maximum atomic E-state index is 10.5. The summed E-state index contributed by atoms with van der Waals surface area (Å²) in [5.41, 5.74) is -0.398. The SMILES string of the molecule is C=CC(=O)OC(C)(C)C.O=C(O)C1CC1. The molecular formula is C11H18O4. The fraction of sp³-hybridized carbons (Fsp3) is 0.636. The molecule has 0 spiro atoms. The van der Waals surface area contributed by atoms with Gasteiger partial charge in [-0.2, -0.15) is 0 Å². The summed E-state index contributed by atoms with van der Waals surface area (Å²) in [6, 6.07) is 0. The summed E-state index contributed by atoms with van der Waals surface area (Å²) >= 11 is 0. The van der Waals surface area contributed by atoms with Gasteiger partial charge < -0.3 is 9.84 Å². The van der Waals surface area contributed by atoms with E-state index in [4.69, 9.17) is 9.84 Å². The number of rotatable bonds is 2. The average molecular weight is 214 g/mol. The Labute approximate surface area is 89.9 Å². The molecule has 0 heterocycles. The van der Waals surface area contributed by atoms with Gasteiger partial charge in [0.25, 0.3) is 0 Å². The van der Waals surface area contributed by atoms with Gasteiger partial charge in [-0.15, -0.1) is 0 Å². The van der Waals surface area contributed by atoms with E-state index >= 15 is 0 Å². The van der Waals surface area contributed by atoms with Crippen LogP contribution < -0.4 is 0 Å². The molecule has 86 valence electrons. The lowest BCUT2D eigenvalue weighted by atomic mass is 10.2. The van der Waals surface area contributed by atoms with Crippen molar-refractivity contribution in [3.8, 4) is 0 Å². The predicted octanol–water partition coefficient (Wildman–Crippen LogP) is 2.00. The Balaban J connectivity index is 0.000000280. The molecule has 1 aliphatic carbocycles. The molecule has 0 radical (unpaired) electrons. The second kappa shape index (κ2) is 5.53. The molecule has 0 amide bonds. The molecule has 1 saturated carbocycles. The van der Waals surface area contributed by atoms with E-state index in [9.17, 15) is 9.59 Å². The van der Waals surface area contributed by atoms with E-state index in [1.165, 1.54) is 0 Å². The molecule has 0 aromatic heterocycles. The van der Waals surface area contributed by atoms with Gasteiger partial charge in [-0.05, 0) is 33.6 Å². The molecule has 1 rings (SSSR count). The summed E-state index contributed by atoms with van der Waals surface area (Å²) in [7, 11) is 0. The van der Waals surface area contributed by atoms with Gasteiger partial charge >= 0.3 is 11.9 Å². The molecular weight excluding hydrogens is 196 g/mol. The zero-order valence-corrected chi connectivity index (χ0v) is 9.45. The molecule has 1 fully saturated rings. The van der Waals surface area contributed by atoms with Crippen LogP contribution in [0.15, 0.2) is 12.7 Å². The Morgan fingerprint density at radius 1 is 1.40 bits per heavy atom. The van der Waals surface area contributed by atoms with Crippen LogP contribution in [0.3, 0.4) is 0 Å². The second-order valence-corrected chi connectivity index (χ2v) is 4.35. The fourth-order valence-electron chi connectivity index (χ4n) is 0.674. The van der Waals surface area contributed by atoms with Crippen molar-refractivity contribution in [2.45, 2.75) is 39.2 Å². The van der Waals surface area contributed by atoms with E-state index in [0.717, 1.165) is 18.9 Å². The van der Waals surface area contributed by atoms with Crippen molar-refractivity contribution in [3.05, 3.63) is 12.7 Å². The van der Waals surface area contributed by atoms with E-state index in [2.05, 4.69) is 6.58 Å². The van der Waals surface area contributed by atoms with Gasteiger partial charge in [-0.1, -0.05) is 6.58 Å². The van der Waals surface area contributed by atoms with Crippen LogP contribution in [-0.2, 0) is 14.3 Å². The van der Waals surface area contributed by atoms with Gasteiger partial charge in [-0.3, -0.25) is 4.79 Å². The molecule has 4 heteroatoms. The zero-order valence-electron chi connectivity index (χ0n) is 9.45.